The lowest BCUT2D eigenvalue weighted by molar-refractivity contribution is 0.103. The normalized spacial score (nSPS) is 16.5. The summed E-state index contributed by atoms with van der Waals surface area (Å²) >= 11 is 3.51. The smallest absolute Gasteiger partial charge is 0.194 e. The van der Waals surface area contributed by atoms with Crippen LogP contribution >= 0.6 is 15.9 Å². The van der Waals surface area contributed by atoms with Gasteiger partial charge in [-0.3, -0.25) is 4.79 Å². The SMILES string of the molecule is CCN(CC)CC1CCc2[nH]c3ccc(C(=O)c4ccccc4Br)cc3c2C1. The molecule has 146 valence electrons. The molecular weight excluding hydrogens is 412 g/mol. The third-order valence-corrected chi connectivity index (χ3v) is 6.77. The van der Waals surface area contributed by atoms with E-state index in [1.54, 1.807) is 0 Å². The van der Waals surface area contributed by atoms with Gasteiger partial charge in [0.2, 0.25) is 0 Å². The Bertz CT molecular complexity index is 1000. The number of halogens is 1. The summed E-state index contributed by atoms with van der Waals surface area (Å²) < 4.78 is 0.843. The lowest BCUT2D eigenvalue weighted by Gasteiger charge is -2.28. The van der Waals surface area contributed by atoms with Gasteiger partial charge in [0.05, 0.1) is 0 Å². The number of rotatable bonds is 6. The van der Waals surface area contributed by atoms with Crippen LogP contribution in [0.1, 0.15) is 47.4 Å². The van der Waals surface area contributed by atoms with Gasteiger partial charge < -0.3 is 9.88 Å². The molecule has 1 aliphatic rings. The Morgan fingerprint density at radius 1 is 1.18 bits per heavy atom. The monoisotopic (exact) mass is 438 g/mol. The molecule has 3 nitrogen and oxygen atoms in total. The van der Waals surface area contributed by atoms with Crippen LogP contribution in [-0.4, -0.2) is 35.3 Å². The van der Waals surface area contributed by atoms with Crippen LogP contribution in [0.4, 0.5) is 0 Å². The zero-order valence-corrected chi connectivity index (χ0v) is 18.2. The first-order valence-corrected chi connectivity index (χ1v) is 11.0. The largest absolute Gasteiger partial charge is 0.358 e. The first-order chi connectivity index (χ1) is 13.6. The fourth-order valence-electron chi connectivity index (χ4n) is 4.43. The molecule has 4 rings (SSSR count). The van der Waals surface area contributed by atoms with Gasteiger partial charge in [-0.2, -0.15) is 0 Å². The number of aryl methyl sites for hydroxylation is 1. The molecular formula is C24H27BrN2O. The number of fused-ring (bicyclic) bond motifs is 3. The number of aromatic nitrogens is 1. The second kappa shape index (κ2) is 8.22. The maximum Gasteiger partial charge on any atom is 0.194 e. The third kappa shape index (κ3) is 3.68. The molecule has 0 bridgehead atoms. The number of hydrogen-bond donors (Lipinski definition) is 1. The number of nitrogens with zero attached hydrogens (tertiary/aromatic N) is 1. The molecule has 1 heterocycles. The highest BCUT2D eigenvalue weighted by atomic mass is 79.9. The van der Waals surface area contributed by atoms with E-state index in [-0.39, 0.29) is 5.78 Å². The Labute approximate surface area is 175 Å². The molecule has 1 unspecified atom stereocenters. The molecule has 0 amide bonds. The van der Waals surface area contributed by atoms with Crippen LogP contribution in [-0.2, 0) is 12.8 Å². The number of carbonyl (C=O) groups excluding carboxylic acids is 1. The van der Waals surface area contributed by atoms with E-state index < -0.39 is 0 Å². The Balaban J connectivity index is 1.66. The molecule has 0 aliphatic heterocycles. The van der Waals surface area contributed by atoms with Crippen LogP contribution in [0, 0.1) is 5.92 Å². The average Bonchev–Trinajstić information content (AvgIpc) is 3.09. The van der Waals surface area contributed by atoms with Crippen LogP contribution < -0.4 is 0 Å². The Morgan fingerprint density at radius 3 is 2.71 bits per heavy atom. The summed E-state index contributed by atoms with van der Waals surface area (Å²) in [4.78, 5) is 19.2. The zero-order valence-electron chi connectivity index (χ0n) is 16.6. The number of aromatic amines is 1. The van der Waals surface area contributed by atoms with E-state index in [1.165, 1.54) is 23.1 Å². The van der Waals surface area contributed by atoms with Crippen molar-refractivity contribution >= 4 is 32.6 Å². The number of hydrogen-bond acceptors (Lipinski definition) is 2. The van der Waals surface area contributed by atoms with Crippen LogP contribution in [0.2, 0.25) is 0 Å². The van der Waals surface area contributed by atoms with E-state index in [0.717, 1.165) is 48.0 Å². The van der Waals surface area contributed by atoms with Crippen molar-refractivity contribution in [3.63, 3.8) is 0 Å². The predicted molar refractivity (Wildman–Crippen MR) is 119 cm³/mol. The standard InChI is InChI=1S/C24H27BrN2O/c1-3-27(4-2)15-16-9-11-22-19(13-16)20-14-17(10-12-23(20)26-22)24(28)18-7-5-6-8-21(18)25/h5-8,10,12,14,16,26H,3-4,9,11,13,15H2,1-2H3. The summed E-state index contributed by atoms with van der Waals surface area (Å²) in [5.74, 6) is 0.758. The molecule has 1 aromatic heterocycles. The van der Waals surface area contributed by atoms with Gasteiger partial charge in [0.15, 0.2) is 5.78 Å². The molecule has 4 heteroatoms. The second-order valence-corrected chi connectivity index (χ2v) is 8.60. The molecule has 2 aromatic carbocycles. The maximum atomic E-state index is 13.0. The van der Waals surface area contributed by atoms with Crippen molar-refractivity contribution in [1.82, 2.24) is 9.88 Å². The molecule has 1 N–H and O–H groups in total. The van der Waals surface area contributed by atoms with E-state index in [0.29, 0.717) is 11.5 Å². The summed E-state index contributed by atoms with van der Waals surface area (Å²) in [6.07, 6.45) is 3.43. The molecule has 1 atom stereocenters. The number of benzene rings is 2. The van der Waals surface area contributed by atoms with Crippen LogP contribution in [0.15, 0.2) is 46.9 Å². The van der Waals surface area contributed by atoms with Gasteiger partial charge in [-0.1, -0.05) is 41.9 Å². The van der Waals surface area contributed by atoms with Crippen molar-refractivity contribution in [3.8, 4) is 0 Å². The minimum absolute atomic E-state index is 0.0693. The fraction of sp³-hybridized carbons (Fsp3) is 0.375. The molecule has 0 spiro atoms. The van der Waals surface area contributed by atoms with Crippen LogP contribution in [0.5, 0.6) is 0 Å². The van der Waals surface area contributed by atoms with Crippen molar-refractivity contribution in [2.24, 2.45) is 5.92 Å². The molecule has 3 aromatic rings. The lowest BCUT2D eigenvalue weighted by Crippen LogP contribution is -2.31. The zero-order chi connectivity index (χ0) is 19.7. The van der Waals surface area contributed by atoms with Gasteiger partial charge in [-0.25, -0.2) is 0 Å². The highest BCUT2D eigenvalue weighted by molar-refractivity contribution is 9.10. The van der Waals surface area contributed by atoms with Crippen LogP contribution in [0.3, 0.4) is 0 Å². The van der Waals surface area contributed by atoms with Gasteiger partial charge >= 0.3 is 0 Å². The number of nitrogens with one attached hydrogen (secondary N) is 1. The van der Waals surface area contributed by atoms with Crippen molar-refractivity contribution in [3.05, 3.63) is 69.3 Å². The summed E-state index contributed by atoms with van der Waals surface area (Å²) in [6.45, 7) is 7.86. The van der Waals surface area contributed by atoms with Crippen molar-refractivity contribution in [2.45, 2.75) is 33.1 Å². The lowest BCUT2D eigenvalue weighted by atomic mass is 9.85. The van der Waals surface area contributed by atoms with Gasteiger partial charge in [-0.05, 0) is 74.2 Å². The molecule has 0 radical (unpaired) electrons. The quantitative estimate of drug-likeness (QED) is 0.507. The third-order valence-electron chi connectivity index (χ3n) is 6.08. The summed E-state index contributed by atoms with van der Waals surface area (Å²) in [5, 5.41) is 1.22. The maximum absolute atomic E-state index is 13.0. The summed E-state index contributed by atoms with van der Waals surface area (Å²) in [5.41, 5.74) is 5.39. The topological polar surface area (TPSA) is 36.1 Å². The predicted octanol–water partition coefficient (Wildman–Crippen LogP) is 5.61. The van der Waals surface area contributed by atoms with E-state index in [1.807, 2.05) is 30.3 Å². The van der Waals surface area contributed by atoms with E-state index >= 15 is 0 Å². The minimum Gasteiger partial charge on any atom is -0.358 e. The Kier molecular flexibility index (Phi) is 5.70. The number of carbonyl (C=O) groups is 1. The minimum atomic E-state index is 0.0693. The van der Waals surface area contributed by atoms with E-state index in [9.17, 15) is 4.79 Å². The molecule has 28 heavy (non-hydrogen) atoms. The molecule has 1 aliphatic carbocycles. The Hall–Kier alpha value is -1.91. The summed E-state index contributed by atoms with van der Waals surface area (Å²) in [6, 6.07) is 13.7. The highest BCUT2D eigenvalue weighted by Gasteiger charge is 2.24. The number of ketones is 1. The molecule has 0 saturated carbocycles. The summed E-state index contributed by atoms with van der Waals surface area (Å²) in [7, 11) is 0. The van der Waals surface area contributed by atoms with Crippen LogP contribution in [0.25, 0.3) is 10.9 Å². The van der Waals surface area contributed by atoms with Crippen molar-refractivity contribution in [1.29, 1.82) is 0 Å². The number of H-pyrrole nitrogens is 1. The first-order valence-electron chi connectivity index (χ1n) is 10.3. The Morgan fingerprint density at radius 2 is 1.96 bits per heavy atom. The fourth-order valence-corrected chi connectivity index (χ4v) is 4.90. The highest BCUT2D eigenvalue weighted by Crippen LogP contribution is 2.33. The first kappa shape index (κ1) is 19.4. The second-order valence-electron chi connectivity index (χ2n) is 7.75. The van der Waals surface area contributed by atoms with E-state index in [2.05, 4.69) is 51.8 Å². The molecule has 0 saturated heterocycles. The van der Waals surface area contributed by atoms with E-state index in [4.69, 9.17) is 0 Å². The van der Waals surface area contributed by atoms with Gasteiger partial charge in [0, 0.05) is 38.7 Å². The van der Waals surface area contributed by atoms with Gasteiger partial charge in [0.25, 0.3) is 0 Å². The average molecular weight is 439 g/mol. The molecule has 0 fully saturated rings. The van der Waals surface area contributed by atoms with Crippen molar-refractivity contribution < 1.29 is 4.79 Å². The van der Waals surface area contributed by atoms with Crippen molar-refractivity contribution in [2.75, 3.05) is 19.6 Å². The van der Waals surface area contributed by atoms with Gasteiger partial charge in [0.1, 0.15) is 0 Å². The van der Waals surface area contributed by atoms with Gasteiger partial charge in [-0.15, -0.1) is 0 Å².